The number of halogens is 1. The molecule has 0 saturated heterocycles. The smallest absolute Gasteiger partial charge is 0.324 e. The van der Waals surface area contributed by atoms with Crippen molar-refractivity contribution in [1.29, 1.82) is 0 Å². The summed E-state index contributed by atoms with van der Waals surface area (Å²) in [5, 5.41) is 3.49. The molecule has 1 aromatic heterocycles. The molecule has 0 saturated carbocycles. The van der Waals surface area contributed by atoms with Crippen LogP contribution in [0.15, 0.2) is 83.9 Å². The molecule has 4 aromatic rings. The molecule has 0 aliphatic rings. The van der Waals surface area contributed by atoms with Crippen LogP contribution in [0.25, 0.3) is 10.9 Å². The Bertz CT molecular complexity index is 1470. The third kappa shape index (κ3) is 5.56. The zero-order valence-electron chi connectivity index (χ0n) is 18.6. The van der Waals surface area contributed by atoms with Crippen molar-refractivity contribution in [3.63, 3.8) is 0 Å². The van der Waals surface area contributed by atoms with Crippen LogP contribution >= 0.6 is 0 Å². The lowest BCUT2D eigenvalue weighted by atomic mass is 10.1. The Labute approximate surface area is 201 Å². The Balaban J connectivity index is 1.49. The van der Waals surface area contributed by atoms with Gasteiger partial charge in [0.15, 0.2) is 0 Å². The molecule has 0 radical (unpaired) electrons. The first-order valence-electron chi connectivity index (χ1n) is 10.6. The van der Waals surface area contributed by atoms with E-state index in [1.54, 1.807) is 6.20 Å². The van der Waals surface area contributed by atoms with Crippen molar-refractivity contribution in [2.75, 3.05) is 12.4 Å². The number of nitrogens with one attached hydrogen (secondary N) is 3. The Kier molecular flexibility index (Phi) is 6.94. The van der Waals surface area contributed by atoms with Crippen LogP contribution in [0.1, 0.15) is 15.9 Å². The van der Waals surface area contributed by atoms with Gasteiger partial charge in [-0.3, -0.25) is 9.59 Å². The Morgan fingerprint density at radius 3 is 2.37 bits per heavy atom. The summed E-state index contributed by atoms with van der Waals surface area (Å²) in [7, 11) is -2.90. The number of aromatic amines is 1. The maximum atomic E-state index is 13.0. The zero-order chi connectivity index (χ0) is 25.0. The standard InChI is InChI=1S/C25H22FN3O5S/c1-34-25(31)23(14-17-15-27-22-5-3-2-4-21(17)22)29-35(32,33)20-12-10-19(11-13-20)28-24(30)16-6-8-18(26)9-7-16/h2-13,15,23,27,29H,14H2,1H3,(H,28,30)/t23-/m1/s1. The highest BCUT2D eigenvalue weighted by Crippen LogP contribution is 2.21. The second-order valence-electron chi connectivity index (χ2n) is 7.75. The minimum atomic E-state index is -4.09. The molecule has 0 unspecified atom stereocenters. The third-order valence-electron chi connectivity index (χ3n) is 5.41. The minimum absolute atomic E-state index is 0.0850. The number of H-pyrrole nitrogens is 1. The number of para-hydroxylation sites is 1. The average molecular weight is 496 g/mol. The molecule has 0 bridgehead atoms. The number of hydrogen-bond acceptors (Lipinski definition) is 5. The molecule has 1 heterocycles. The Morgan fingerprint density at radius 2 is 1.69 bits per heavy atom. The van der Waals surface area contributed by atoms with E-state index in [0.717, 1.165) is 16.5 Å². The van der Waals surface area contributed by atoms with Gasteiger partial charge in [-0.05, 0) is 60.2 Å². The summed E-state index contributed by atoms with van der Waals surface area (Å²) in [6.45, 7) is 0. The second-order valence-corrected chi connectivity index (χ2v) is 9.46. The van der Waals surface area contributed by atoms with Gasteiger partial charge in [0.25, 0.3) is 5.91 Å². The van der Waals surface area contributed by atoms with Gasteiger partial charge in [0.1, 0.15) is 11.9 Å². The van der Waals surface area contributed by atoms with Gasteiger partial charge < -0.3 is 15.0 Å². The number of methoxy groups -OCH3 is 1. The van der Waals surface area contributed by atoms with Crippen LogP contribution in [0.3, 0.4) is 0 Å². The molecule has 0 aliphatic carbocycles. The molecule has 35 heavy (non-hydrogen) atoms. The fraction of sp³-hybridized carbons (Fsp3) is 0.120. The van der Waals surface area contributed by atoms with Crippen molar-refractivity contribution >= 4 is 38.5 Å². The first-order chi connectivity index (χ1) is 16.8. The van der Waals surface area contributed by atoms with Crippen LogP contribution in [0.2, 0.25) is 0 Å². The van der Waals surface area contributed by atoms with Gasteiger partial charge in [0.2, 0.25) is 10.0 Å². The van der Waals surface area contributed by atoms with Crippen molar-refractivity contribution in [2.45, 2.75) is 17.4 Å². The molecular weight excluding hydrogens is 473 g/mol. The summed E-state index contributed by atoms with van der Waals surface area (Å²) in [4.78, 5) is 27.7. The molecule has 4 rings (SSSR count). The van der Waals surface area contributed by atoms with Crippen LogP contribution in [0.4, 0.5) is 10.1 Å². The van der Waals surface area contributed by atoms with Crippen LogP contribution in [-0.2, 0) is 26.0 Å². The van der Waals surface area contributed by atoms with E-state index in [0.29, 0.717) is 5.69 Å². The number of hydrogen-bond donors (Lipinski definition) is 3. The van der Waals surface area contributed by atoms with E-state index in [2.05, 4.69) is 15.0 Å². The van der Waals surface area contributed by atoms with E-state index < -0.39 is 33.8 Å². The van der Waals surface area contributed by atoms with E-state index in [1.807, 2.05) is 24.3 Å². The number of benzene rings is 3. The van der Waals surface area contributed by atoms with E-state index in [1.165, 1.54) is 55.6 Å². The largest absolute Gasteiger partial charge is 0.468 e. The second kappa shape index (κ2) is 10.1. The van der Waals surface area contributed by atoms with Crippen molar-refractivity contribution in [1.82, 2.24) is 9.71 Å². The number of aromatic nitrogens is 1. The maximum Gasteiger partial charge on any atom is 0.324 e. The monoisotopic (exact) mass is 495 g/mol. The van der Waals surface area contributed by atoms with E-state index >= 15 is 0 Å². The van der Waals surface area contributed by atoms with Gasteiger partial charge in [0, 0.05) is 34.8 Å². The third-order valence-corrected chi connectivity index (χ3v) is 6.90. The number of ether oxygens (including phenoxy) is 1. The van der Waals surface area contributed by atoms with Crippen molar-refractivity contribution in [3.05, 3.63) is 95.9 Å². The van der Waals surface area contributed by atoms with Gasteiger partial charge in [-0.25, -0.2) is 12.8 Å². The van der Waals surface area contributed by atoms with Gasteiger partial charge in [-0.1, -0.05) is 18.2 Å². The van der Waals surface area contributed by atoms with Crippen LogP contribution < -0.4 is 10.0 Å². The number of amides is 1. The SMILES string of the molecule is COC(=O)[C@@H](Cc1c[nH]c2ccccc12)NS(=O)(=O)c1ccc(NC(=O)c2ccc(F)cc2)cc1. The van der Waals surface area contributed by atoms with E-state index in [-0.39, 0.29) is 16.9 Å². The summed E-state index contributed by atoms with van der Waals surface area (Å²) in [6.07, 6.45) is 1.81. The molecule has 0 spiro atoms. The highest BCUT2D eigenvalue weighted by atomic mass is 32.2. The predicted octanol–water partition coefficient (Wildman–Crippen LogP) is 3.62. The molecule has 1 amide bonds. The van der Waals surface area contributed by atoms with Crippen LogP contribution in [0.5, 0.6) is 0 Å². The maximum absolute atomic E-state index is 13.0. The fourth-order valence-electron chi connectivity index (χ4n) is 3.61. The number of rotatable bonds is 8. The van der Waals surface area contributed by atoms with Gasteiger partial charge >= 0.3 is 5.97 Å². The first-order valence-corrected chi connectivity index (χ1v) is 12.1. The summed E-state index contributed by atoms with van der Waals surface area (Å²) in [6, 6.07) is 16.8. The molecule has 1 atom stereocenters. The molecule has 0 fully saturated rings. The lowest BCUT2D eigenvalue weighted by Crippen LogP contribution is -2.42. The van der Waals surface area contributed by atoms with Crippen molar-refractivity contribution in [3.8, 4) is 0 Å². The minimum Gasteiger partial charge on any atom is -0.468 e. The van der Waals surface area contributed by atoms with Crippen molar-refractivity contribution < 1.29 is 27.1 Å². The number of carbonyl (C=O) groups is 2. The highest BCUT2D eigenvalue weighted by Gasteiger charge is 2.27. The number of fused-ring (bicyclic) bond motifs is 1. The normalized spacial score (nSPS) is 12.3. The number of sulfonamides is 1. The topological polar surface area (TPSA) is 117 Å². The fourth-order valence-corrected chi connectivity index (χ4v) is 4.80. The number of anilines is 1. The zero-order valence-corrected chi connectivity index (χ0v) is 19.4. The van der Waals surface area contributed by atoms with Crippen LogP contribution in [0, 0.1) is 5.82 Å². The molecule has 3 aromatic carbocycles. The first kappa shape index (κ1) is 24.1. The summed E-state index contributed by atoms with van der Waals surface area (Å²) >= 11 is 0. The molecule has 180 valence electrons. The molecule has 10 heteroatoms. The van der Waals surface area contributed by atoms with Crippen molar-refractivity contribution in [2.24, 2.45) is 0 Å². The summed E-state index contributed by atoms with van der Waals surface area (Å²) < 4.78 is 46.3. The quantitative estimate of drug-likeness (QED) is 0.323. The average Bonchev–Trinajstić information content (AvgIpc) is 3.26. The van der Waals surface area contributed by atoms with Crippen LogP contribution in [-0.4, -0.2) is 38.4 Å². The highest BCUT2D eigenvalue weighted by molar-refractivity contribution is 7.89. The predicted molar refractivity (Wildman–Crippen MR) is 129 cm³/mol. The van der Waals surface area contributed by atoms with E-state index in [9.17, 15) is 22.4 Å². The summed E-state index contributed by atoms with van der Waals surface area (Å²) in [5.74, 6) is -1.65. The lowest BCUT2D eigenvalue weighted by molar-refractivity contribution is -0.142. The molecule has 3 N–H and O–H groups in total. The Morgan fingerprint density at radius 1 is 1.00 bits per heavy atom. The van der Waals surface area contributed by atoms with Gasteiger partial charge in [-0.15, -0.1) is 0 Å². The molecule has 8 nitrogen and oxygen atoms in total. The summed E-state index contributed by atoms with van der Waals surface area (Å²) in [5.41, 5.74) is 2.23. The Hall–Kier alpha value is -4.02. The van der Waals surface area contributed by atoms with Gasteiger partial charge in [0.05, 0.1) is 12.0 Å². The molecule has 0 aliphatic heterocycles. The lowest BCUT2D eigenvalue weighted by Gasteiger charge is -2.17. The number of esters is 1. The number of carbonyl (C=O) groups excluding carboxylic acids is 2. The molecular formula is C25H22FN3O5S. The van der Waals surface area contributed by atoms with Gasteiger partial charge in [-0.2, -0.15) is 4.72 Å². The van der Waals surface area contributed by atoms with E-state index in [4.69, 9.17) is 4.74 Å².